The molecule has 2 heterocycles. The molecule has 5 heteroatoms. The largest absolute Gasteiger partial charge is 0.493 e. The van der Waals surface area contributed by atoms with Crippen LogP contribution in [0.4, 0.5) is 0 Å². The summed E-state index contributed by atoms with van der Waals surface area (Å²) in [6.45, 7) is 2.43. The Morgan fingerprint density at radius 1 is 1.48 bits per heavy atom. The third-order valence-corrected chi connectivity index (χ3v) is 6.12. The molecular weight excluding hydrogens is 350 g/mol. The second-order valence-electron chi connectivity index (χ2n) is 5.13. The third-order valence-electron chi connectivity index (χ3n) is 3.93. The van der Waals surface area contributed by atoms with Crippen molar-refractivity contribution in [2.75, 3.05) is 6.61 Å². The van der Waals surface area contributed by atoms with Gasteiger partial charge in [0.2, 0.25) is 0 Å². The van der Waals surface area contributed by atoms with Gasteiger partial charge < -0.3 is 9.84 Å². The molecule has 2 atom stereocenters. The molecule has 21 heavy (non-hydrogen) atoms. The first-order valence-electron chi connectivity index (χ1n) is 6.66. The van der Waals surface area contributed by atoms with Crippen molar-refractivity contribution in [1.29, 1.82) is 5.26 Å². The number of nitriles is 1. The number of hydrogen-bond acceptors (Lipinski definition) is 4. The Bertz CT molecular complexity index is 702. The quantitative estimate of drug-likeness (QED) is 0.873. The van der Waals surface area contributed by atoms with Crippen LogP contribution in [0.1, 0.15) is 27.8 Å². The van der Waals surface area contributed by atoms with Gasteiger partial charge in [0.1, 0.15) is 17.3 Å². The van der Waals surface area contributed by atoms with Gasteiger partial charge in [-0.2, -0.15) is 5.26 Å². The summed E-state index contributed by atoms with van der Waals surface area (Å²) < 4.78 is 6.60. The minimum atomic E-state index is -0.953. The molecule has 1 N–H and O–H groups in total. The minimum absolute atomic E-state index is 0.438. The van der Waals surface area contributed by atoms with E-state index in [1.807, 2.05) is 37.3 Å². The average Bonchev–Trinajstić information content (AvgIpc) is 2.85. The fourth-order valence-corrected chi connectivity index (χ4v) is 4.38. The average molecular weight is 364 g/mol. The van der Waals surface area contributed by atoms with Gasteiger partial charge in [-0.25, -0.2) is 0 Å². The van der Waals surface area contributed by atoms with Crippen LogP contribution in [0.5, 0.6) is 5.75 Å². The number of aliphatic hydroxyl groups excluding tert-OH is 1. The number of para-hydroxylation sites is 1. The lowest BCUT2D eigenvalue weighted by Gasteiger charge is -2.36. The fourth-order valence-electron chi connectivity index (χ4n) is 2.74. The molecule has 0 saturated heterocycles. The number of fused-ring (bicyclic) bond motifs is 1. The van der Waals surface area contributed by atoms with Gasteiger partial charge in [0.15, 0.2) is 0 Å². The second-order valence-corrected chi connectivity index (χ2v) is 7.28. The molecule has 1 aromatic heterocycles. The maximum absolute atomic E-state index is 10.9. The van der Waals surface area contributed by atoms with Gasteiger partial charge in [0.25, 0.3) is 0 Å². The Hall–Kier alpha value is -1.35. The number of halogens is 1. The van der Waals surface area contributed by atoms with Crippen LogP contribution in [0.15, 0.2) is 34.8 Å². The Morgan fingerprint density at radius 2 is 2.24 bits per heavy atom. The lowest BCUT2D eigenvalue weighted by Crippen LogP contribution is -2.37. The summed E-state index contributed by atoms with van der Waals surface area (Å²) in [5, 5.41) is 20.7. The number of ether oxygens (including phenoxy) is 1. The highest BCUT2D eigenvalue weighted by molar-refractivity contribution is 9.10. The van der Waals surface area contributed by atoms with Crippen LogP contribution in [0, 0.1) is 18.3 Å². The van der Waals surface area contributed by atoms with E-state index in [1.165, 1.54) is 11.3 Å². The number of aryl methyl sites for hydroxylation is 1. The van der Waals surface area contributed by atoms with E-state index in [4.69, 9.17) is 4.74 Å². The molecule has 1 aliphatic heterocycles. The van der Waals surface area contributed by atoms with Crippen LogP contribution in [0.2, 0.25) is 0 Å². The molecule has 0 saturated carbocycles. The molecule has 0 radical (unpaired) electrons. The van der Waals surface area contributed by atoms with E-state index in [2.05, 4.69) is 22.0 Å². The third kappa shape index (κ3) is 2.28. The van der Waals surface area contributed by atoms with Gasteiger partial charge in [-0.3, -0.25) is 0 Å². The number of thiophene rings is 1. The zero-order chi connectivity index (χ0) is 15.0. The van der Waals surface area contributed by atoms with Gasteiger partial charge in [0.05, 0.1) is 12.7 Å². The summed E-state index contributed by atoms with van der Waals surface area (Å²) in [7, 11) is 0. The molecule has 0 spiro atoms. The predicted octanol–water partition coefficient (Wildman–Crippen LogP) is 4.10. The van der Waals surface area contributed by atoms with Crippen molar-refractivity contribution >= 4 is 27.3 Å². The van der Waals surface area contributed by atoms with Crippen LogP contribution < -0.4 is 4.74 Å². The van der Waals surface area contributed by atoms with Gasteiger partial charge in [-0.15, -0.1) is 11.3 Å². The Kier molecular flexibility index (Phi) is 3.78. The van der Waals surface area contributed by atoms with E-state index in [-0.39, 0.29) is 0 Å². The Labute approximate surface area is 135 Å². The SMILES string of the molecule is Cc1sc(C(O)C2(C#N)CCOc3ccccc32)cc1Br. The highest BCUT2D eigenvalue weighted by Gasteiger charge is 2.45. The zero-order valence-electron chi connectivity index (χ0n) is 11.5. The summed E-state index contributed by atoms with van der Waals surface area (Å²) in [5.74, 6) is 0.691. The molecular formula is C16H14BrNO2S. The van der Waals surface area contributed by atoms with E-state index >= 15 is 0 Å². The first kappa shape index (κ1) is 14.6. The fraction of sp³-hybridized carbons (Fsp3) is 0.312. The minimum Gasteiger partial charge on any atom is -0.493 e. The standard InChI is InChI=1S/C16H14BrNO2S/c1-10-12(17)8-14(21-10)15(19)16(9-18)6-7-20-13-5-3-2-4-11(13)16/h2-5,8,15,19H,6-7H2,1H3. The molecule has 3 nitrogen and oxygen atoms in total. The molecule has 2 aromatic rings. The summed E-state index contributed by atoms with van der Waals surface area (Å²) in [4.78, 5) is 1.90. The van der Waals surface area contributed by atoms with Crippen LogP contribution in [0.3, 0.4) is 0 Å². The highest BCUT2D eigenvalue weighted by atomic mass is 79.9. The summed E-state index contributed by atoms with van der Waals surface area (Å²) in [6, 6.07) is 11.7. The van der Waals surface area contributed by atoms with Crippen LogP contribution in [0.25, 0.3) is 0 Å². The molecule has 0 amide bonds. The molecule has 1 aliphatic rings. The van der Waals surface area contributed by atoms with Crippen LogP contribution in [-0.2, 0) is 5.41 Å². The highest BCUT2D eigenvalue weighted by Crippen LogP contribution is 2.48. The van der Waals surface area contributed by atoms with Gasteiger partial charge >= 0.3 is 0 Å². The topological polar surface area (TPSA) is 53.2 Å². The molecule has 0 aliphatic carbocycles. The van der Waals surface area contributed by atoms with E-state index in [9.17, 15) is 10.4 Å². The van der Waals surface area contributed by atoms with Crippen molar-refractivity contribution in [1.82, 2.24) is 0 Å². The van der Waals surface area contributed by atoms with Gasteiger partial charge in [0, 0.05) is 26.2 Å². The van der Waals surface area contributed by atoms with Crippen molar-refractivity contribution in [3.8, 4) is 11.8 Å². The maximum atomic E-state index is 10.9. The van der Waals surface area contributed by atoms with Crippen molar-refractivity contribution in [3.63, 3.8) is 0 Å². The molecule has 1 aromatic carbocycles. The monoisotopic (exact) mass is 363 g/mol. The van der Waals surface area contributed by atoms with Crippen molar-refractivity contribution < 1.29 is 9.84 Å². The molecule has 0 fully saturated rings. The smallest absolute Gasteiger partial charge is 0.124 e. The van der Waals surface area contributed by atoms with E-state index in [0.29, 0.717) is 18.8 Å². The number of aliphatic hydroxyl groups is 1. The lowest BCUT2D eigenvalue weighted by molar-refractivity contribution is 0.0834. The predicted molar refractivity (Wildman–Crippen MR) is 85.6 cm³/mol. The molecule has 2 unspecified atom stereocenters. The van der Waals surface area contributed by atoms with Crippen molar-refractivity contribution in [3.05, 3.63) is 50.1 Å². The number of nitrogens with zero attached hydrogens (tertiary/aromatic N) is 1. The number of benzene rings is 1. The van der Waals surface area contributed by atoms with Gasteiger partial charge in [-0.1, -0.05) is 18.2 Å². The van der Waals surface area contributed by atoms with Crippen molar-refractivity contribution in [2.24, 2.45) is 0 Å². The number of rotatable bonds is 2. The second kappa shape index (κ2) is 5.45. The van der Waals surface area contributed by atoms with E-state index in [1.54, 1.807) is 0 Å². The summed E-state index contributed by atoms with van der Waals surface area (Å²) >= 11 is 4.99. The normalized spacial score (nSPS) is 22.0. The van der Waals surface area contributed by atoms with E-state index < -0.39 is 11.5 Å². The zero-order valence-corrected chi connectivity index (χ0v) is 13.9. The Morgan fingerprint density at radius 3 is 2.90 bits per heavy atom. The van der Waals surface area contributed by atoms with E-state index in [0.717, 1.165) is 19.8 Å². The first-order chi connectivity index (χ1) is 10.1. The first-order valence-corrected chi connectivity index (χ1v) is 8.27. The lowest BCUT2D eigenvalue weighted by atomic mass is 9.72. The van der Waals surface area contributed by atoms with Crippen molar-refractivity contribution in [2.45, 2.75) is 24.9 Å². The van der Waals surface area contributed by atoms with Crippen LogP contribution in [-0.4, -0.2) is 11.7 Å². The van der Waals surface area contributed by atoms with Gasteiger partial charge in [-0.05, 0) is 35.0 Å². The van der Waals surface area contributed by atoms with Crippen LogP contribution >= 0.6 is 27.3 Å². The molecule has 108 valence electrons. The summed E-state index contributed by atoms with van der Waals surface area (Å²) in [6.07, 6.45) is -0.376. The summed E-state index contributed by atoms with van der Waals surface area (Å²) in [5.41, 5.74) is -0.181. The Balaban J connectivity index is 2.12. The molecule has 3 rings (SSSR count). The molecule has 0 bridgehead atoms. The number of hydrogen-bond donors (Lipinski definition) is 1. The maximum Gasteiger partial charge on any atom is 0.124 e.